The Bertz CT molecular complexity index is 758. The van der Waals surface area contributed by atoms with Crippen LogP contribution in [0.15, 0.2) is 34.1 Å². The number of benzene rings is 2. The van der Waals surface area contributed by atoms with E-state index in [-0.39, 0.29) is 10.8 Å². The van der Waals surface area contributed by atoms with Gasteiger partial charge in [0.1, 0.15) is 11.5 Å². The summed E-state index contributed by atoms with van der Waals surface area (Å²) in [6.07, 6.45) is 0. The Balaban J connectivity index is 2.23. The van der Waals surface area contributed by atoms with Gasteiger partial charge in [-0.1, -0.05) is 53.7 Å². The van der Waals surface area contributed by atoms with Gasteiger partial charge in [0.05, 0.1) is 9.79 Å². The van der Waals surface area contributed by atoms with Crippen molar-refractivity contribution in [3.8, 4) is 11.5 Å². The van der Waals surface area contributed by atoms with E-state index in [1.165, 1.54) is 0 Å². The van der Waals surface area contributed by atoms with Gasteiger partial charge in [0.25, 0.3) is 0 Å². The summed E-state index contributed by atoms with van der Waals surface area (Å²) in [4.78, 5) is 1.80. The van der Waals surface area contributed by atoms with Gasteiger partial charge in [-0.3, -0.25) is 0 Å². The molecule has 0 aliphatic heterocycles. The number of phenolic OH excluding ortho intramolecular Hbond substituents is 2. The van der Waals surface area contributed by atoms with Crippen LogP contribution in [0.3, 0.4) is 0 Å². The number of aromatic hydroxyl groups is 2. The second-order valence-corrected chi connectivity index (χ2v) is 11.6. The van der Waals surface area contributed by atoms with Crippen molar-refractivity contribution >= 4 is 23.5 Å². The molecule has 0 bridgehead atoms. The largest absolute Gasteiger partial charge is 0.506 e. The van der Waals surface area contributed by atoms with E-state index in [0.717, 1.165) is 37.1 Å². The van der Waals surface area contributed by atoms with E-state index in [1.807, 2.05) is 12.1 Å². The predicted octanol–water partition coefficient (Wildman–Crippen LogP) is 7.15. The van der Waals surface area contributed by atoms with Crippen molar-refractivity contribution in [2.75, 3.05) is 5.08 Å². The Hall–Kier alpha value is -1.26. The van der Waals surface area contributed by atoms with Crippen molar-refractivity contribution in [1.82, 2.24) is 0 Å². The van der Waals surface area contributed by atoms with Gasteiger partial charge in [-0.05, 0) is 47.9 Å². The molecule has 2 N–H and O–H groups in total. The predicted molar refractivity (Wildman–Crippen MR) is 120 cm³/mol. The number of rotatable bonds is 4. The maximum absolute atomic E-state index is 10.7. The lowest BCUT2D eigenvalue weighted by atomic mass is 9.85. The van der Waals surface area contributed by atoms with E-state index >= 15 is 0 Å². The fraction of sp³-hybridized carbons (Fsp3) is 0.478. The monoisotopic (exact) mass is 404 g/mol. The minimum atomic E-state index is -0.102. The summed E-state index contributed by atoms with van der Waals surface area (Å²) in [5.74, 6) is 0.755. The first kappa shape index (κ1) is 22.0. The van der Waals surface area contributed by atoms with Crippen LogP contribution in [0.4, 0.5) is 0 Å². The highest BCUT2D eigenvalue weighted by Crippen LogP contribution is 2.43. The maximum Gasteiger partial charge on any atom is 0.132 e. The molecule has 0 amide bonds. The van der Waals surface area contributed by atoms with E-state index < -0.39 is 0 Å². The number of hydrogen-bond donors (Lipinski definition) is 2. The first-order chi connectivity index (χ1) is 12.3. The van der Waals surface area contributed by atoms with Crippen LogP contribution >= 0.6 is 23.5 Å². The van der Waals surface area contributed by atoms with Crippen molar-refractivity contribution in [3.05, 3.63) is 46.5 Å². The fourth-order valence-electron chi connectivity index (χ4n) is 3.01. The second kappa shape index (κ2) is 8.00. The molecule has 4 heteroatoms. The Labute approximate surface area is 172 Å². The molecule has 0 spiro atoms. The Morgan fingerprint density at radius 1 is 0.667 bits per heavy atom. The van der Waals surface area contributed by atoms with Crippen LogP contribution in [0.25, 0.3) is 0 Å². The molecule has 0 heterocycles. The third-order valence-corrected chi connectivity index (χ3v) is 6.67. The van der Waals surface area contributed by atoms with E-state index in [2.05, 4.69) is 67.5 Å². The molecular formula is C23H32O2S2. The molecule has 27 heavy (non-hydrogen) atoms. The summed E-state index contributed by atoms with van der Waals surface area (Å²) in [6.45, 7) is 16.8. The van der Waals surface area contributed by atoms with E-state index in [9.17, 15) is 10.2 Å². The molecule has 0 atom stereocenters. The van der Waals surface area contributed by atoms with Gasteiger partial charge < -0.3 is 10.2 Å². The van der Waals surface area contributed by atoms with Crippen LogP contribution < -0.4 is 0 Å². The van der Waals surface area contributed by atoms with Crippen LogP contribution in [-0.2, 0) is 10.8 Å². The molecular weight excluding hydrogens is 372 g/mol. The highest BCUT2D eigenvalue weighted by molar-refractivity contribution is 8.16. The lowest BCUT2D eigenvalue weighted by Gasteiger charge is -2.23. The third kappa shape index (κ3) is 5.39. The van der Waals surface area contributed by atoms with Crippen molar-refractivity contribution in [3.63, 3.8) is 0 Å². The van der Waals surface area contributed by atoms with Gasteiger partial charge in [0.15, 0.2) is 0 Å². The highest BCUT2D eigenvalue weighted by atomic mass is 32.2. The zero-order valence-electron chi connectivity index (χ0n) is 17.7. The van der Waals surface area contributed by atoms with Crippen LogP contribution in [0.2, 0.25) is 0 Å². The van der Waals surface area contributed by atoms with Gasteiger partial charge in [0.2, 0.25) is 0 Å². The molecule has 0 aliphatic rings. The minimum Gasteiger partial charge on any atom is -0.506 e. The fourth-order valence-corrected chi connectivity index (χ4v) is 5.29. The number of aryl methyl sites for hydroxylation is 2. The van der Waals surface area contributed by atoms with Crippen LogP contribution in [0.5, 0.6) is 11.5 Å². The summed E-state index contributed by atoms with van der Waals surface area (Å²) in [7, 11) is 0. The molecule has 0 fully saturated rings. The lowest BCUT2D eigenvalue weighted by molar-refractivity contribution is 0.434. The Morgan fingerprint density at radius 3 is 1.30 bits per heavy atom. The zero-order chi connectivity index (χ0) is 20.6. The van der Waals surface area contributed by atoms with Gasteiger partial charge in [-0.25, -0.2) is 0 Å². The van der Waals surface area contributed by atoms with E-state index in [4.69, 9.17) is 0 Å². The summed E-state index contributed by atoms with van der Waals surface area (Å²) in [5.41, 5.74) is 4.05. The van der Waals surface area contributed by atoms with Crippen molar-refractivity contribution in [2.24, 2.45) is 0 Å². The smallest absolute Gasteiger partial charge is 0.132 e. The van der Waals surface area contributed by atoms with Crippen molar-refractivity contribution in [1.29, 1.82) is 0 Å². The zero-order valence-corrected chi connectivity index (χ0v) is 19.4. The second-order valence-electron chi connectivity index (χ2n) is 9.22. The first-order valence-electron chi connectivity index (χ1n) is 9.24. The quantitative estimate of drug-likeness (QED) is 0.419. The maximum atomic E-state index is 10.7. The first-order valence-corrected chi connectivity index (χ1v) is 11.2. The van der Waals surface area contributed by atoms with Crippen molar-refractivity contribution < 1.29 is 10.2 Å². The van der Waals surface area contributed by atoms with Crippen LogP contribution in [0.1, 0.15) is 63.8 Å². The third-order valence-electron chi connectivity index (χ3n) is 4.48. The SMILES string of the molecule is Cc1cc(SCSc2cc(C)cc(C(C)(C)C)c2O)c(O)c(C(C)(C)C)c1. The molecule has 2 aromatic carbocycles. The van der Waals surface area contributed by atoms with Gasteiger partial charge in [-0.2, -0.15) is 0 Å². The average Bonchev–Trinajstić information content (AvgIpc) is 2.51. The number of phenols is 2. The normalized spacial score (nSPS) is 12.4. The molecule has 0 aromatic heterocycles. The Kier molecular flexibility index (Phi) is 6.53. The summed E-state index contributed by atoms with van der Waals surface area (Å²) >= 11 is 3.23. The van der Waals surface area contributed by atoms with E-state index in [0.29, 0.717) is 11.5 Å². The van der Waals surface area contributed by atoms with Gasteiger partial charge >= 0.3 is 0 Å². The molecule has 0 saturated carbocycles. The Morgan fingerprint density at radius 2 is 1.00 bits per heavy atom. The number of hydrogen-bond acceptors (Lipinski definition) is 4. The van der Waals surface area contributed by atoms with Gasteiger partial charge in [-0.15, -0.1) is 23.5 Å². The molecule has 2 nitrogen and oxygen atoms in total. The molecule has 0 aliphatic carbocycles. The summed E-state index contributed by atoms with van der Waals surface area (Å²) in [6, 6.07) is 8.20. The average molecular weight is 405 g/mol. The van der Waals surface area contributed by atoms with E-state index in [1.54, 1.807) is 23.5 Å². The number of thioether (sulfide) groups is 2. The lowest BCUT2D eigenvalue weighted by Crippen LogP contribution is -2.12. The topological polar surface area (TPSA) is 40.5 Å². The van der Waals surface area contributed by atoms with Crippen LogP contribution in [0, 0.1) is 13.8 Å². The molecule has 0 unspecified atom stereocenters. The summed E-state index contributed by atoms with van der Waals surface area (Å²) < 4.78 is 0. The minimum absolute atomic E-state index is 0.102. The standard InChI is InChI=1S/C23H32O2S2/c1-14-9-16(22(3,4)5)20(24)18(11-14)26-13-27-19-12-15(2)10-17(21(19)25)23(6,7)8/h9-12,24-25H,13H2,1-8H3. The summed E-state index contributed by atoms with van der Waals surface area (Å²) in [5, 5.41) is 22.2. The molecule has 2 rings (SSSR count). The molecule has 0 radical (unpaired) electrons. The molecule has 0 saturated heterocycles. The van der Waals surface area contributed by atoms with Crippen molar-refractivity contribution in [2.45, 2.75) is 76.0 Å². The molecule has 2 aromatic rings. The van der Waals surface area contributed by atoms with Crippen LogP contribution in [-0.4, -0.2) is 15.3 Å². The highest BCUT2D eigenvalue weighted by Gasteiger charge is 2.22. The molecule has 148 valence electrons. The van der Waals surface area contributed by atoms with Gasteiger partial charge in [0, 0.05) is 16.2 Å².